The van der Waals surface area contributed by atoms with Gasteiger partial charge in [0.2, 0.25) is 5.91 Å². The van der Waals surface area contributed by atoms with Gasteiger partial charge in [-0.1, -0.05) is 11.6 Å². The van der Waals surface area contributed by atoms with Crippen LogP contribution >= 0.6 is 27.5 Å². The fourth-order valence-electron chi connectivity index (χ4n) is 4.16. The number of hydrogen-bond donors (Lipinski definition) is 1. The summed E-state index contributed by atoms with van der Waals surface area (Å²) < 4.78 is 6.14. The zero-order valence-corrected chi connectivity index (χ0v) is 13.4. The van der Waals surface area contributed by atoms with E-state index in [4.69, 9.17) is 16.3 Å². The first-order valence-electron chi connectivity index (χ1n) is 7.01. The third kappa shape index (κ3) is 2.01. The maximum Gasteiger partial charge on any atom is 0.310 e. The van der Waals surface area contributed by atoms with E-state index in [2.05, 4.69) is 21.2 Å². The number of benzene rings is 1. The van der Waals surface area contributed by atoms with Crippen LogP contribution in [0, 0.1) is 23.7 Å². The number of halogens is 2. The predicted octanol–water partition coefficient (Wildman–Crippen LogP) is 3.24. The lowest BCUT2D eigenvalue weighted by Gasteiger charge is -2.23. The molecule has 1 saturated heterocycles. The molecule has 5 atom stereocenters. The van der Waals surface area contributed by atoms with Gasteiger partial charge in [0.1, 0.15) is 6.10 Å². The fraction of sp³-hybridized carbons (Fsp3) is 0.467. The molecular formula is C15H13BrClNO3. The highest BCUT2D eigenvalue weighted by Crippen LogP contribution is 2.57. The summed E-state index contributed by atoms with van der Waals surface area (Å²) in [5.74, 6) is -0.292. The average molecular weight is 371 g/mol. The van der Waals surface area contributed by atoms with Crippen LogP contribution in [0.5, 0.6) is 0 Å². The molecule has 1 N–H and O–H groups in total. The fourth-order valence-corrected chi connectivity index (χ4v) is 4.59. The maximum absolute atomic E-state index is 12.6. The van der Waals surface area contributed by atoms with Crippen molar-refractivity contribution in [3.63, 3.8) is 0 Å². The summed E-state index contributed by atoms with van der Waals surface area (Å²) in [5, 5.41) is 3.43. The van der Waals surface area contributed by atoms with Gasteiger partial charge in [-0.2, -0.15) is 0 Å². The third-order valence-electron chi connectivity index (χ3n) is 4.97. The van der Waals surface area contributed by atoms with Crippen molar-refractivity contribution >= 4 is 45.1 Å². The normalized spacial score (nSPS) is 35.9. The lowest BCUT2D eigenvalue weighted by atomic mass is 9.79. The first kappa shape index (κ1) is 13.6. The Bertz CT molecular complexity index is 648. The Balaban J connectivity index is 1.55. The molecule has 5 unspecified atom stereocenters. The third-order valence-corrected chi connectivity index (χ3v) is 6.21. The van der Waals surface area contributed by atoms with Crippen LogP contribution in [0.2, 0.25) is 5.02 Å². The van der Waals surface area contributed by atoms with E-state index in [0.717, 1.165) is 17.3 Å². The summed E-state index contributed by atoms with van der Waals surface area (Å²) in [7, 11) is 0. The Labute approximate surface area is 135 Å². The standard InChI is InChI=1S/C15H13BrClNO3/c16-9-2-1-7(5-10(9)17)18-14(19)12-6-3-8-11(4-6)21-15(20)13(8)12/h1-2,5-6,8,11-13H,3-4H2,(H,18,19). The van der Waals surface area contributed by atoms with Gasteiger partial charge >= 0.3 is 5.97 Å². The van der Waals surface area contributed by atoms with Gasteiger partial charge in [0.25, 0.3) is 0 Å². The second-order valence-corrected chi connectivity index (χ2v) is 7.30. The number of hydrogen-bond acceptors (Lipinski definition) is 3. The SMILES string of the molecule is O=C(Nc1ccc(Br)c(Cl)c1)C1C2CC3OC(=O)C1C3C2. The molecule has 1 aromatic rings. The second kappa shape index (κ2) is 4.71. The minimum Gasteiger partial charge on any atom is -0.462 e. The van der Waals surface area contributed by atoms with Crippen molar-refractivity contribution in [3.8, 4) is 0 Å². The molecule has 21 heavy (non-hydrogen) atoms. The van der Waals surface area contributed by atoms with Gasteiger partial charge < -0.3 is 10.1 Å². The molecule has 2 bridgehead atoms. The van der Waals surface area contributed by atoms with E-state index in [1.807, 2.05) is 0 Å². The Hall–Kier alpha value is -1.07. The zero-order valence-electron chi connectivity index (χ0n) is 11.0. The van der Waals surface area contributed by atoms with E-state index >= 15 is 0 Å². The van der Waals surface area contributed by atoms with Crippen LogP contribution in [-0.4, -0.2) is 18.0 Å². The number of anilines is 1. The molecule has 0 aromatic heterocycles. The Morgan fingerprint density at radius 3 is 2.95 bits per heavy atom. The molecule has 1 aliphatic heterocycles. The first-order chi connectivity index (χ1) is 10.0. The van der Waals surface area contributed by atoms with Gasteiger partial charge in [-0.3, -0.25) is 9.59 Å². The molecule has 2 saturated carbocycles. The second-order valence-electron chi connectivity index (χ2n) is 6.04. The van der Waals surface area contributed by atoms with Gasteiger partial charge in [-0.15, -0.1) is 0 Å². The molecule has 1 heterocycles. The van der Waals surface area contributed by atoms with E-state index in [1.165, 1.54) is 0 Å². The van der Waals surface area contributed by atoms with Crippen molar-refractivity contribution in [2.24, 2.45) is 23.7 Å². The number of fused-ring (bicyclic) bond motifs is 1. The maximum atomic E-state index is 12.6. The summed E-state index contributed by atoms with van der Waals surface area (Å²) >= 11 is 9.35. The van der Waals surface area contributed by atoms with Crippen LogP contribution in [0.1, 0.15) is 12.8 Å². The molecule has 2 aliphatic carbocycles. The number of esters is 1. The number of ether oxygens (including phenoxy) is 1. The molecule has 1 amide bonds. The largest absolute Gasteiger partial charge is 0.462 e. The van der Waals surface area contributed by atoms with Crippen molar-refractivity contribution in [2.75, 3.05) is 5.32 Å². The van der Waals surface area contributed by atoms with Crippen molar-refractivity contribution < 1.29 is 14.3 Å². The van der Waals surface area contributed by atoms with E-state index in [1.54, 1.807) is 18.2 Å². The molecule has 4 rings (SSSR count). The van der Waals surface area contributed by atoms with Crippen LogP contribution in [0.4, 0.5) is 5.69 Å². The summed E-state index contributed by atoms with van der Waals surface area (Å²) in [5.41, 5.74) is 0.652. The summed E-state index contributed by atoms with van der Waals surface area (Å²) in [4.78, 5) is 24.5. The topological polar surface area (TPSA) is 55.4 Å². The Morgan fingerprint density at radius 2 is 2.19 bits per heavy atom. The van der Waals surface area contributed by atoms with Gasteiger partial charge in [-0.05, 0) is 52.9 Å². The lowest BCUT2D eigenvalue weighted by molar-refractivity contribution is -0.145. The smallest absolute Gasteiger partial charge is 0.310 e. The highest BCUT2D eigenvalue weighted by molar-refractivity contribution is 9.10. The van der Waals surface area contributed by atoms with Crippen molar-refractivity contribution in [3.05, 3.63) is 27.7 Å². The average Bonchev–Trinajstić information content (AvgIpc) is 3.04. The van der Waals surface area contributed by atoms with Crippen LogP contribution < -0.4 is 5.32 Å². The predicted molar refractivity (Wildman–Crippen MR) is 80.9 cm³/mol. The molecule has 3 fully saturated rings. The van der Waals surface area contributed by atoms with Crippen LogP contribution in [-0.2, 0) is 14.3 Å². The minimum atomic E-state index is -0.260. The molecule has 6 heteroatoms. The molecule has 3 aliphatic rings. The molecule has 1 aromatic carbocycles. The van der Waals surface area contributed by atoms with E-state index in [9.17, 15) is 9.59 Å². The monoisotopic (exact) mass is 369 g/mol. The number of carbonyl (C=O) groups is 2. The van der Waals surface area contributed by atoms with Gasteiger partial charge in [-0.25, -0.2) is 0 Å². The highest BCUT2D eigenvalue weighted by Gasteiger charge is 2.63. The van der Waals surface area contributed by atoms with Gasteiger partial charge in [0.05, 0.1) is 16.9 Å². The molecule has 110 valence electrons. The minimum absolute atomic E-state index is 0.0543. The summed E-state index contributed by atoms with van der Waals surface area (Å²) in [6, 6.07) is 5.28. The number of carbonyl (C=O) groups excluding carboxylic acids is 2. The van der Waals surface area contributed by atoms with Crippen molar-refractivity contribution in [2.45, 2.75) is 18.9 Å². The van der Waals surface area contributed by atoms with E-state index < -0.39 is 0 Å². The van der Waals surface area contributed by atoms with Crippen LogP contribution in [0.15, 0.2) is 22.7 Å². The first-order valence-corrected chi connectivity index (χ1v) is 8.18. The van der Waals surface area contributed by atoms with Gasteiger partial charge in [0, 0.05) is 16.1 Å². The number of nitrogens with one attached hydrogen (secondary N) is 1. The lowest BCUT2D eigenvalue weighted by Crippen LogP contribution is -2.35. The van der Waals surface area contributed by atoms with E-state index in [0.29, 0.717) is 10.7 Å². The zero-order chi connectivity index (χ0) is 14.7. The van der Waals surface area contributed by atoms with Crippen LogP contribution in [0.3, 0.4) is 0 Å². The van der Waals surface area contributed by atoms with Crippen molar-refractivity contribution in [1.82, 2.24) is 0 Å². The van der Waals surface area contributed by atoms with E-state index in [-0.39, 0.29) is 41.7 Å². The molecular weight excluding hydrogens is 358 g/mol. The summed E-state index contributed by atoms with van der Waals surface area (Å²) in [6.07, 6.45) is 1.81. The highest BCUT2D eigenvalue weighted by atomic mass is 79.9. The van der Waals surface area contributed by atoms with Gasteiger partial charge in [0.15, 0.2) is 0 Å². The van der Waals surface area contributed by atoms with Crippen LogP contribution in [0.25, 0.3) is 0 Å². The molecule has 4 nitrogen and oxygen atoms in total. The Morgan fingerprint density at radius 1 is 1.38 bits per heavy atom. The quantitative estimate of drug-likeness (QED) is 0.813. The molecule has 0 radical (unpaired) electrons. The number of rotatable bonds is 2. The molecule has 0 spiro atoms. The Kier molecular flexibility index (Phi) is 3.05. The van der Waals surface area contributed by atoms with Crippen molar-refractivity contribution in [1.29, 1.82) is 0 Å². The summed E-state index contributed by atoms with van der Waals surface area (Å²) in [6.45, 7) is 0. The number of amides is 1.